The first-order valence-corrected chi connectivity index (χ1v) is 6.83. The highest BCUT2D eigenvalue weighted by atomic mass is 16.5. The second-order valence-electron chi connectivity index (χ2n) is 4.79. The van der Waals surface area contributed by atoms with Gasteiger partial charge in [0.05, 0.1) is 19.3 Å². The number of nitrogens with zero attached hydrogens (tertiary/aromatic N) is 1. The van der Waals surface area contributed by atoms with E-state index in [9.17, 15) is 4.79 Å². The molecule has 4 nitrogen and oxygen atoms in total. The Bertz CT molecular complexity index is 394. The Hall–Kier alpha value is -1.55. The Morgan fingerprint density at radius 3 is 2.95 bits per heavy atom. The Balaban J connectivity index is 1.64. The molecule has 1 fully saturated rings. The maximum Gasteiger partial charge on any atom is 0.222 e. The van der Waals surface area contributed by atoms with Gasteiger partial charge in [-0.3, -0.25) is 4.79 Å². The van der Waals surface area contributed by atoms with Crippen LogP contribution < -0.4 is 4.74 Å². The van der Waals surface area contributed by atoms with E-state index in [1.54, 1.807) is 0 Å². The number of ether oxygens (including phenoxy) is 2. The summed E-state index contributed by atoms with van der Waals surface area (Å²) in [5, 5.41) is 0. The molecule has 1 aromatic carbocycles. The van der Waals surface area contributed by atoms with Gasteiger partial charge in [0.25, 0.3) is 0 Å². The maximum atomic E-state index is 12.0. The third kappa shape index (κ3) is 4.56. The summed E-state index contributed by atoms with van der Waals surface area (Å²) < 4.78 is 11.0. The van der Waals surface area contributed by atoms with E-state index >= 15 is 0 Å². The molecule has 0 aliphatic carbocycles. The molecule has 4 heteroatoms. The van der Waals surface area contributed by atoms with Crippen LogP contribution in [0.4, 0.5) is 0 Å². The standard InChI is InChI=1S/C15H21NO3/c1-13-12-16(9-11-18-13)15(17)8-5-10-19-14-6-3-2-4-7-14/h2-4,6-7,13H,5,8-12H2,1H3. The summed E-state index contributed by atoms with van der Waals surface area (Å²) in [5.41, 5.74) is 0. The fourth-order valence-electron chi connectivity index (χ4n) is 2.13. The van der Waals surface area contributed by atoms with Crippen LogP contribution in [-0.4, -0.2) is 43.2 Å². The molecule has 0 radical (unpaired) electrons. The summed E-state index contributed by atoms with van der Waals surface area (Å²) in [6.07, 6.45) is 1.44. The molecular weight excluding hydrogens is 242 g/mol. The number of benzene rings is 1. The van der Waals surface area contributed by atoms with Crippen molar-refractivity contribution in [1.82, 2.24) is 4.90 Å². The largest absolute Gasteiger partial charge is 0.494 e. The van der Waals surface area contributed by atoms with Gasteiger partial charge in [-0.25, -0.2) is 0 Å². The molecule has 0 saturated carbocycles. The van der Waals surface area contributed by atoms with Crippen LogP contribution >= 0.6 is 0 Å². The minimum atomic E-state index is 0.151. The molecule has 1 amide bonds. The number of amides is 1. The average molecular weight is 263 g/mol. The van der Waals surface area contributed by atoms with Crippen molar-refractivity contribution in [3.8, 4) is 5.75 Å². The Morgan fingerprint density at radius 2 is 2.21 bits per heavy atom. The number of hydrogen-bond donors (Lipinski definition) is 0. The molecule has 0 bridgehead atoms. The SMILES string of the molecule is CC1CN(C(=O)CCCOc2ccccc2)CCO1. The summed E-state index contributed by atoms with van der Waals surface area (Å²) in [7, 11) is 0. The van der Waals surface area contributed by atoms with Crippen LogP contribution in [0.2, 0.25) is 0 Å². The van der Waals surface area contributed by atoms with E-state index in [4.69, 9.17) is 9.47 Å². The average Bonchev–Trinajstić information content (AvgIpc) is 2.44. The van der Waals surface area contributed by atoms with E-state index in [2.05, 4.69) is 0 Å². The second kappa shape index (κ2) is 7.14. The van der Waals surface area contributed by atoms with Gasteiger partial charge in [-0.05, 0) is 25.5 Å². The van der Waals surface area contributed by atoms with Crippen molar-refractivity contribution >= 4 is 5.91 Å². The summed E-state index contributed by atoms with van der Waals surface area (Å²) in [4.78, 5) is 13.9. The molecule has 1 atom stereocenters. The van der Waals surface area contributed by atoms with Crippen LogP contribution in [-0.2, 0) is 9.53 Å². The highest BCUT2D eigenvalue weighted by Gasteiger charge is 2.20. The lowest BCUT2D eigenvalue weighted by atomic mass is 10.2. The summed E-state index contributed by atoms with van der Waals surface area (Å²) in [6.45, 7) is 4.64. The third-order valence-corrected chi connectivity index (χ3v) is 3.14. The predicted molar refractivity (Wildman–Crippen MR) is 73.2 cm³/mol. The molecule has 0 N–H and O–H groups in total. The number of hydrogen-bond acceptors (Lipinski definition) is 3. The Labute approximate surface area is 114 Å². The molecule has 2 rings (SSSR count). The van der Waals surface area contributed by atoms with Crippen LogP contribution in [0.25, 0.3) is 0 Å². The van der Waals surface area contributed by atoms with Crippen molar-refractivity contribution in [2.75, 3.05) is 26.3 Å². The van der Waals surface area contributed by atoms with Crippen molar-refractivity contribution in [1.29, 1.82) is 0 Å². The van der Waals surface area contributed by atoms with Crippen LogP contribution in [0, 0.1) is 0 Å². The van der Waals surface area contributed by atoms with Crippen LogP contribution in [0.3, 0.4) is 0 Å². The molecule has 19 heavy (non-hydrogen) atoms. The number of morpholine rings is 1. The van der Waals surface area contributed by atoms with Crippen molar-refractivity contribution in [3.05, 3.63) is 30.3 Å². The van der Waals surface area contributed by atoms with Gasteiger partial charge in [0.2, 0.25) is 5.91 Å². The van der Waals surface area contributed by atoms with Gasteiger partial charge in [-0.15, -0.1) is 0 Å². The van der Waals surface area contributed by atoms with E-state index in [0.717, 1.165) is 12.2 Å². The van der Waals surface area contributed by atoms with Gasteiger partial charge < -0.3 is 14.4 Å². The molecule has 1 saturated heterocycles. The second-order valence-corrected chi connectivity index (χ2v) is 4.79. The van der Waals surface area contributed by atoms with Gasteiger partial charge in [-0.1, -0.05) is 18.2 Å². The first-order valence-electron chi connectivity index (χ1n) is 6.83. The van der Waals surface area contributed by atoms with Crippen molar-refractivity contribution in [2.45, 2.75) is 25.9 Å². The zero-order chi connectivity index (χ0) is 13.5. The number of para-hydroxylation sites is 1. The number of carbonyl (C=O) groups excluding carboxylic acids is 1. The summed E-state index contributed by atoms with van der Waals surface area (Å²) >= 11 is 0. The van der Waals surface area contributed by atoms with Crippen LogP contribution in [0.15, 0.2) is 30.3 Å². The molecule has 104 valence electrons. The van der Waals surface area contributed by atoms with Crippen molar-refractivity contribution < 1.29 is 14.3 Å². The van der Waals surface area contributed by atoms with Gasteiger partial charge in [0.1, 0.15) is 5.75 Å². The van der Waals surface area contributed by atoms with Gasteiger partial charge in [-0.2, -0.15) is 0 Å². The van der Waals surface area contributed by atoms with E-state index in [1.165, 1.54) is 0 Å². The lowest BCUT2D eigenvalue weighted by Gasteiger charge is -2.31. The smallest absolute Gasteiger partial charge is 0.222 e. The topological polar surface area (TPSA) is 38.8 Å². The highest BCUT2D eigenvalue weighted by molar-refractivity contribution is 5.76. The fourth-order valence-corrected chi connectivity index (χ4v) is 2.13. The first-order chi connectivity index (χ1) is 9.25. The molecular formula is C15H21NO3. The predicted octanol–water partition coefficient (Wildman–Crippen LogP) is 2.09. The van der Waals surface area contributed by atoms with Crippen molar-refractivity contribution in [3.63, 3.8) is 0 Å². The van der Waals surface area contributed by atoms with Crippen LogP contribution in [0.1, 0.15) is 19.8 Å². The first kappa shape index (κ1) is 13.9. The molecule has 1 aromatic rings. The molecule has 1 aliphatic heterocycles. The highest BCUT2D eigenvalue weighted by Crippen LogP contribution is 2.10. The lowest BCUT2D eigenvalue weighted by molar-refractivity contribution is -0.138. The lowest BCUT2D eigenvalue weighted by Crippen LogP contribution is -2.44. The Kier molecular flexibility index (Phi) is 5.21. The van der Waals surface area contributed by atoms with Gasteiger partial charge in [0, 0.05) is 19.5 Å². The quantitative estimate of drug-likeness (QED) is 0.764. The number of carbonyl (C=O) groups is 1. The normalized spacial score (nSPS) is 19.2. The van der Waals surface area contributed by atoms with E-state index in [-0.39, 0.29) is 12.0 Å². The maximum absolute atomic E-state index is 12.0. The molecule has 1 aliphatic rings. The molecule has 0 spiro atoms. The number of rotatable bonds is 5. The Morgan fingerprint density at radius 1 is 1.42 bits per heavy atom. The summed E-state index contributed by atoms with van der Waals surface area (Å²) in [5.74, 6) is 1.06. The minimum absolute atomic E-state index is 0.151. The molecule has 1 unspecified atom stereocenters. The zero-order valence-electron chi connectivity index (χ0n) is 11.4. The van der Waals surface area contributed by atoms with Crippen LogP contribution in [0.5, 0.6) is 5.75 Å². The molecule has 1 heterocycles. The van der Waals surface area contributed by atoms with Gasteiger partial charge in [0.15, 0.2) is 0 Å². The monoisotopic (exact) mass is 263 g/mol. The fraction of sp³-hybridized carbons (Fsp3) is 0.533. The minimum Gasteiger partial charge on any atom is -0.494 e. The van der Waals surface area contributed by atoms with Gasteiger partial charge >= 0.3 is 0 Å². The van der Waals surface area contributed by atoms with Crippen molar-refractivity contribution in [2.24, 2.45) is 0 Å². The zero-order valence-corrected chi connectivity index (χ0v) is 11.4. The van der Waals surface area contributed by atoms with E-state index in [0.29, 0.717) is 32.7 Å². The summed E-state index contributed by atoms with van der Waals surface area (Å²) in [6, 6.07) is 9.68. The molecule has 0 aromatic heterocycles. The van der Waals surface area contributed by atoms with E-state index < -0.39 is 0 Å². The van der Waals surface area contributed by atoms with E-state index in [1.807, 2.05) is 42.2 Å². The third-order valence-electron chi connectivity index (χ3n) is 3.14.